The molecule has 0 saturated carbocycles. The van der Waals surface area contributed by atoms with E-state index in [4.69, 9.17) is 5.11 Å². The zero-order chi connectivity index (χ0) is 11.1. The van der Waals surface area contributed by atoms with Gasteiger partial charge in [0.15, 0.2) is 0 Å². The van der Waals surface area contributed by atoms with Crippen molar-refractivity contribution >= 4 is 46.9 Å². The third-order valence-electron chi connectivity index (χ3n) is 1.67. The average Bonchev–Trinajstić information content (AvgIpc) is 2.72. The number of thiophene rings is 1. The summed E-state index contributed by atoms with van der Waals surface area (Å²) in [5.41, 5.74) is 1.32. The van der Waals surface area contributed by atoms with Crippen LogP contribution in [-0.2, 0) is 0 Å². The Morgan fingerprint density at radius 2 is 1.75 bits per heavy atom. The Kier molecular flexibility index (Phi) is 8.21. The summed E-state index contributed by atoms with van der Waals surface area (Å²) in [5.74, 6) is -0.847. The molecule has 0 unspecified atom stereocenters. The molecule has 0 spiro atoms. The fourth-order valence-corrected chi connectivity index (χ4v) is 1.50. The monoisotopic (exact) mass is 244 g/mol. The molecule has 1 N–H and O–H groups in total. The molecule has 0 fully saturated rings. The van der Waals surface area contributed by atoms with Crippen molar-refractivity contribution in [1.82, 2.24) is 0 Å². The molecule has 0 amide bonds. The van der Waals surface area contributed by atoms with Crippen LogP contribution in [0.4, 0.5) is 0 Å². The molecule has 2 aromatic rings. The summed E-state index contributed by atoms with van der Waals surface area (Å²) in [6.45, 7) is 2.08. The Hall–Kier alpha value is -0.610. The van der Waals surface area contributed by atoms with Gasteiger partial charge in [-0.3, -0.25) is 0 Å². The molecule has 0 atom stereocenters. The van der Waals surface area contributed by atoms with Gasteiger partial charge in [-0.1, -0.05) is 42.0 Å². The second-order valence-corrected chi connectivity index (χ2v) is 3.88. The fourth-order valence-electron chi connectivity index (χ4n) is 0.935. The zero-order valence-electron chi connectivity index (χ0n) is 8.38. The van der Waals surface area contributed by atoms with Crippen LogP contribution in [0.5, 0.6) is 0 Å². The number of carboxylic acid groups (broad SMARTS) is 1. The molecule has 0 aliphatic rings. The first-order valence-corrected chi connectivity index (χ1v) is 5.36. The first kappa shape index (κ1) is 15.4. The van der Waals surface area contributed by atoms with E-state index in [1.165, 1.54) is 16.9 Å². The number of aromatic carboxylic acids is 1. The molecule has 1 heterocycles. The number of carbonyl (C=O) groups is 1. The van der Waals surface area contributed by atoms with E-state index in [-0.39, 0.29) is 29.6 Å². The quantitative estimate of drug-likeness (QED) is 0.783. The summed E-state index contributed by atoms with van der Waals surface area (Å²) in [7, 11) is 0. The molecule has 0 bridgehead atoms. The molecule has 2 nitrogen and oxygen atoms in total. The van der Waals surface area contributed by atoms with Crippen LogP contribution in [0.25, 0.3) is 0 Å². The molecule has 0 saturated heterocycles. The van der Waals surface area contributed by atoms with Crippen molar-refractivity contribution in [2.75, 3.05) is 0 Å². The van der Waals surface area contributed by atoms with Crippen molar-refractivity contribution in [3.05, 3.63) is 58.3 Å². The van der Waals surface area contributed by atoms with Gasteiger partial charge in [-0.2, -0.15) is 0 Å². The van der Waals surface area contributed by atoms with Gasteiger partial charge in [-0.05, 0) is 18.4 Å². The Balaban J connectivity index is 0.000000267. The van der Waals surface area contributed by atoms with Gasteiger partial charge in [0.05, 0.1) is 0 Å². The number of carboxylic acids is 1. The predicted octanol–water partition coefficient (Wildman–Crippen LogP) is 2.79. The normalized spacial score (nSPS) is 8.31. The first-order chi connectivity index (χ1) is 7.20. The summed E-state index contributed by atoms with van der Waals surface area (Å²) >= 11 is 1.23. The van der Waals surface area contributed by atoms with Gasteiger partial charge < -0.3 is 5.11 Å². The Morgan fingerprint density at radius 1 is 1.12 bits per heavy atom. The van der Waals surface area contributed by atoms with Gasteiger partial charge >= 0.3 is 35.5 Å². The predicted molar refractivity (Wildman–Crippen MR) is 69.6 cm³/mol. The molecule has 2 rings (SSSR count). The number of hydrogen-bond acceptors (Lipinski definition) is 2. The van der Waals surface area contributed by atoms with Crippen LogP contribution in [0.2, 0.25) is 0 Å². The van der Waals surface area contributed by atoms with Crippen molar-refractivity contribution in [2.45, 2.75) is 6.92 Å². The van der Waals surface area contributed by atoms with Crippen LogP contribution >= 0.6 is 11.3 Å². The van der Waals surface area contributed by atoms with Crippen LogP contribution in [0.3, 0.4) is 0 Å². The molecular weight excluding hydrogens is 231 g/mol. The van der Waals surface area contributed by atoms with Gasteiger partial charge in [0.25, 0.3) is 0 Å². The molecule has 1 aromatic heterocycles. The fraction of sp³-hybridized carbons (Fsp3) is 0.0833. The summed E-state index contributed by atoms with van der Waals surface area (Å²) < 4.78 is 0. The minimum atomic E-state index is -0.847. The molecule has 80 valence electrons. The molecule has 0 aliphatic carbocycles. The Morgan fingerprint density at radius 3 is 2.00 bits per heavy atom. The van der Waals surface area contributed by atoms with E-state index in [1.807, 2.05) is 18.2 Å². The SMILES string of the molecule is Cc1ccccc1.O=C(O)c1cccs1.[NaH]. The number of benzene rings is 1. The van der Waals surface area contributed by atoms with Crippen molar-refractivity contribution < 1.29 is 9.90 Å². The van der Waals surface area contributed by atoms with Crippen LogP contribution in [0.1, 0.15) is 15.2 Å². The van der Waals surface area contributed by atoms with Crippen LogP contribution in [0.15, 0.2) is 47.8 Å². The van der Waals surface area contributed by atoms with Gasteiger partial charge in [0.2, 0.25) is 0 Å². The van der Waals surface area contributed by atoms with E-state index < -0.39 is 5.97 Å². The van der Waals surface area contributed by atoms with E-state index in [0.717, 1.165) is 0 Å². The van der Waals surface area contributed by atoms with Gasteiger partial charge in [-0.25, -0.2) is 4.79 Å². The van der Waals surface area contributed by atoms with Crippen LogP contribution in [-0.4, -0.2) is 40.6 Å². The van der Waals surface area contributed by atoms with E-state index in [0.29, 0.717) is 4.88 Å². The van der Waals surface area contributed by atoms with Crippen molar-refractivity contribution in [3.63, 3.8) is 0 Å². The van der Waals surface area contributed by atoms with Gasteiger partial charge in [0, 0.05) is 0 Å². The van der Waals surface area contributed by atoms with Crippen molar-refractivity contribution in [3.8, 4) is 0 Å². The van der Waals surface area contributed by atoms with E-state index >= 15 is 0 Å². The Labute approximate surface area is 121 Å². The number of hydrogen-bond donors (Lipinski definition) is 1. The first-order valence-electron chi connectivity index (χ1n) is 4.48. The topological polar surface area (TPSA) is 37.3 Å². The van der Waals surface area contributed by atoms with Crippen LogP contribution < -0.4 is 0 Å². The third kappa shape index (κ3) is 6.08. The summed E-state index contributed by atoms with van der Waals surface area (Å²) in [6, 6.07) is 13.6. The standard InChI is InChI=1S/C7H8.C5H4O2S.Na.H/c1-7-5-3-2-4-6-7;6-5(7)4-2-1-3-8-4;;/h2-6H,1H3;1-3H,(H,6,7);;. The number of rotatable bonds is 1. The van der Waals surface area contributed by atoms with Gasteiger partial charge in [0.1, 0.15) is 4.88 Å². The summed E-state index contributed by atoms with van der Waals surface area (Å²) in [6.07, 6.45) is 0. The molecule has 0 aliphatic heterocycles. The molecule has 0 radical (unpaired) electrons. The molecule has 4 heteroatoms. The summed E-state index contributed by atoms with van der Waals surface area (Å²) in [5, 5.41) is 10.0. The number of aryl methyl sites for hydroxylation is 1. The molecule has 16 heavy (non-hydrogen) atoms. The second-order valence-electron chi connectivity index (χ2n) is 2.94. The zero-order valence-corrected chi connectivity index (χ0v) is 9.20. The summed E-state index contributed by atoms with van der Waals surface area (Å²) in [4.78, 5) is 10.5. The molecule has 1 aromatic carbocycles. The van der Waals surface area contributed by atoms with Crippen LogP contribution in [0, 0.1) is 6.92 Å². The maximum absolute atomic E-state index is 10.1. The van der Waals surface area contributed by atoms with E-state index in [9.17, 15) is 4.79 Å². The van der Waals surface area contributed by atoms with Crippen molar-refractivity contribution in [2.24, 2.45) is 0 Å². The second kappa shape index (κ2) is 8.53. The Bertz CT molecular complexity index is 398. The maximum atomic E-state index is 10.1. The third-order valence-corrected chi connectivity index (χ3v) is 2.53. The van der Waals surface area contributed by atoms with E-state index in [1.54, 1.807) is 17.5 Å². The van der Waals surface area contributed by atoms with Crippen molar-refractivity contribution in [1.29, 1.82) is 0 Å². The van der Waals surface area contributed by atoms with Gasteiger partial charge in [-0.15, -0.1) is 11.3 Å². The minimum absolute atomic E-state index is 0. The molecular formula is C12H13NaO2S. The van der Waals surface area contributed by atoms with E-state index in [2.05, 4.69) is 19.1 Å². The average molecular weight is 244 g/mol.